The molecule has 1 unspecified atom stereocenters. The van der Waals surface area contributed by atoms with Gasteiger partial charge in [0.25, 0.3) is 0 Å². The number of hydrogen-bond donors (Lipinski definition) is 1. The Morgan fingerprint density at radius 1 is 1.08 bits per heavy atom. The SMILES string of the molecule is CC1=C2C(=O)[C@]3(O)CC[C@H]4[C@@](C)(CCC5C[C@@]54C)[C@@H]3C[C@H]2OC1=O. The summed E-state index contributed by atoms with van der Waals surface area (Å²) in [6.07, 6.45) is 5.22. The van der Waals surface area contributed by atoms with Gasteiger partial charge >= 0.3 is 5.97 Å². The third-order valence-corrected chi connectivity index (χ3v) is 8.64. The third kappa shape index (κ3) is 1.50. The summed E-state index contributed by atoms with van der Waals surface area (Å²) in [5.41, 5.74) is -0.0759. The van der Waals surface area contributed by atoms with Crippen molar-refractivity contribution < 1.29 is 19.4 Å². The fourth-order valence-electron chi connectivity index (χ4n) is 7.20. The topological polar surface area (TPSA) is 63.6 Å². The van der Waals surface area contributed by atoms with Crippen LogP contribution in [0.25, 0.3) is 0 Å². The van der Waals surface area contributed by atoms with Crippen molar-refractivity contribution in [3.63, 3.8) is 0 Å². The summed E-state index contributed by atoms with van der Waals surface area (Å²) in [5, 5.41) is 11.4. The minimum Gasteiger partial charge on any atom is -0.454 e. The van der Waals surface area contributed by atoms with Gasteiger partial charge in [0.1, 0.15) is 11.7 Å². The van der Waals surface area contributed by atoms with Crippen LogP contribution in [0.3, 0.4) is 0 Å². The van der Waals surface area contributed by atoms with Gasteiger partial charge in [-0.2, -0.15) is 0 Å². The van der Waals surface area contributed by atoms with Gasteiger partial charge in [-0.25, -0.2) is 4.79 Å². The highest BCUT2D eigenvalue weighted by Crippen LogP contribution is 2.74. The second-order valence-electron chi connectivity index (χ2n) is 9.52. The van der Waals surface area contributed by atoms with E-state index >= 15 is 0 Å². The van der Waals surface area contributed by atoms with E-state index in [0.29, 0.717) is 35.3 Å². The molecule has 4 heteroatoms. The van der Waals surface area contributed by atoms with Crippen LogP contribution in [0.2, 0.25) is 0 Å². The molecule has 1 heterocycles. The molecule has 4 nitrogen and oxygen atoms in total. The summed E-state index contributed by atoms with van der Waals surface area (Å²) in [5.74, 6) is 0.704. The molecule has 0 radical (unpaired) electrons. The minimum absolute atomic E-state index is 0.0289. The van der Waals surface area contributed by atoms with Crippen molar-refractivity contribution in [2.75, 3.05) is 0 Å². The van der Waals surface area contributed by atoms with Crippen molar-refractivity contribution >= 4 is 11.8 Å². The van der Waals surface area contributed by atoms with E-state index in [2.05, 4.69) is 13.8 Å². The predicted molar refractivity (Wildman–Crippen MR) is 86.9 cm³/mol. The van der Waals surface area contributed by atoms with Crippen LogP contribution >= 0.6 is 0 Å². The molecule has 5 aliphatic rings. The van der Waals surface area contributed by atoms with E-state index in [4.69, 9.17) is 4.74 Å². The molecule has 1 N–H and O–H groups in total. The van der Waals surface area contributed by atoms with Crippen LogP contribution in [0.1, 0.15) is 59.3 Å². The van der Waals surface area contributed by atoms with Crippen molar-refractivity contribution in [1.29, 1.82) is 0 Å². The Labute approximate surface area is 142 Å². The van der Waals surface area contributed by atoms with Gasteiger partial charge in [0.05, 0.1) is 0 Å². The Morgan fingerprint density at radius 2 is 1.83 bits per heavy atom. The molecule has 0 spiro atoms. The number of hydrogen-bond acceptors (Lipinski definition) is 4. The van der Waals surface area contributed by atoms with E-state index in [9.17, 15) is 14.7 Å². The first-order valence-corrected chi connectivity index (χ1v) is 9.41. The molecule has 7 atom stereocenters. The lowest BCUT2D eigenvalue weighted by atomic mass is 9.45. The van der Waals surface area contributed by atoms with Crippen LogP contribution in [0.15, 0.2) is 11.1 Å². The number of rotatable bonds is 0. The molecule has 0 saturated heterocycles. The Bertz CT molecular complexity index is 708. The Hall–Kier alpha value is -1.16. The van der Waals surface area contributed by atoms with Crippen LogP contribution in [-0.2, 0) is 14.3 Å². The molecule has 130 valence electrons. The molecule has 0 aromatic heterocycles. The smallest absolute Gasteiger partial charge is 0.334 e. The largest absolute Gasteiger partial charge is 0.454 e. The van der Waals surface area contributed by atoms with Gasteiger partial charge < -0.3 is 9.84 Å². The summed E-state index contributed by atoms with van der Waals surface area (Å²) < 4.78 is 5.48. The fourth-order valence-corrected chi connectivity index (χ4v) is 7.20. The van der Waals surface area contributed by atoms with E-state index in [1.54, 1.807) is 6.92 Å². The van der Waals surface area contributed by atoms with Crippen LogP contribution in [-0.4, -0.2) is 28.6 Å². The lowest BCUT2D eigenvalue weighted by Gasteiger charge is -2.60. The van der Waals surface area contributed by atoms with E-state index in [-0.39, 0.29) is 23.1 Å². The van der Waals surface area contributed by atoms with E-state index in [1.165, 1.54) is 12.8 Å². The first-order valence-electron chi connectivity index (χ1n) is 9.41. The zero-order chi connectivity index (χ0) is 17.1. The number of aliphatic hydroxyl groups is 1. The van der Waals surface area contributed by atoms with Gasteiger partial charge in [-0.1, -0.05) is 13.8 Å². The number of ether oxygens (including phenoxy) is 1. The van der Waals surface area contributed by atoms with Crippen LogP contribution in [0, 0.1) is 28.6 Å². The molecule has 0 aromatic rings. The lowest BCUT2D eigenvalue weighted by molar-refractivity contribution is -0.189. The zero-order valence-corrected chi connectivity index (χ0v) is 14.7. The van der Waals surface area contributed by atoms with Gasteiger partial charge in [-0.3, -0.25) is 4.79 Å². The molecule has 24 heavy (non-hydrogen) atoms. The zero-order valence-electron chi connectivity index (χ0n) is 14.7. The second-order valence-corrected chi connectivity index (χ2v) is 9.52. The Kier molecular flexibility index (Phi) is 2.61. The maximum Gasteiger partial charge on any atom is 0.334 e. The third-order valence-electron chi connectivity index (χ3n) is 8.64. The van der Waals surface area contributed by atoms with Crippen molar-refractivity contribution in [2.45, 2.75) is 71.0 Å². The second kappa shape index (κ2) is 4.14. The first-order chi connectivity index (χ1) is 11.2. The molecule has 4 saturated carbocycles. The lowest BCUT2D eigenvalue weighted by Crippen LogP contribution is -2.64. The molecule has 0 aromatic carbocycles. The molecule has 4 aliphatic carbocycles. The van der Waals surface area contributed by atoms with Crippen molar-refractivity contribution in [3.05, 3.63) is 11.1 Å². The summed E-state index contributed by atoms with van der Waals surface area (Å²) in [7, 11) is 0. The summed E-state index contributed by atoms with van der Waals surface area (Å²) >= 11 is 0. The number of fused-ring (bicyclic) bond motifs is 6. The summed E-state index contributed by atoms with van der Waals surface area (Å²) in [4.78, 5) is 25.1. The van der Waals surface area contributed by atoms with Gasteiger partial charge in [0.15, 0.2) is 5.78 Å². The average Bonchev–Trinajstić information content (AvgIpc) is 3.11. The molecular formula is C20H26O4. The standard InChI is InChI=1S/C20H26O4/c1-10-15-12(24-17(10)22)8-14-18(2)6-4-11-9-19(11,3)13(18)5-7-20(14,23)16(15)21/h11-14,23H,4-9H2,1-3H3/t11?,12-,13+,14+,18-,19+,20+/m1/s1. The minimum atomic E-state index is -1.30. The summed E-state index contributed by atoms with van der Waals surface area (Å²) in [6.45, 7) is 6.35. The van der Waals surface area contributed by atoms with E-state index < -0.39 is 11.7 Å². The van der Waals surface area contributed by atoms with Crippen LogP contribution < -0.4 is 0 Å². The highest BCUT2D eigenvalue weighted by Gasteiger charge is 2.71. The van der Waals surface area contributed by atoms with Gasteiger partial charge in [-0.15, -0.1) is 0 Å². The number of carbonyl (C=O) groups excluding carboxylic acids is 2. The van der Waals surface area contributed by atoms with Crippen molar-refractivity contribution in [3.8, 4) is 0 Å². The van der Waals surface area contributed by atoms with E-state index in [1.807, 2.05) is 0 Å². The molecule has 4 fully saturated rings. The number of ketones is 1. The molecule has 1 aliphatic heterocycles. The maximum absolute atomic E-state index is 13.2. The van der Waals surface area contributed by atoms with Crippen LogP contribution in [0.4, 0.5) is 0 Å². The number of esters is 1. The highest BCUT2D eigenvalue weighted by atomic mass is 16.5. The fraction of sp³-hybridized carbons (Fsp3) is 0.800. The number of carbonyl (C=O) groups is 2. The molecule has 0 bridgehead atoms. The molecule has 5 rings (SSSR count). The maximum atomic E-state index is 13.2. The monoisotopic (exact) mass is 330 g/mol. The van der Waals surface area contributed by atoms with Gasteiger partial charge in [0, 0.05) is 17.1 Å². The normalized spacial score (nSPS) is 55.3. The van der Waals surface area contributed by atoms with Crippen molar-refractivity contribution in [2.24, 2.45) is 28.6 Å². The quantitative estimate of drug-likeness (QED) is 0.694. The highest BCUT2D eigenvalue weighted by molar-refractivity contribution is 6.11. The van der Waals surface area contributed by atoms with Crippen molar-refractivity contribution in [1.82, 2.24) is 0 Å². The van der Waals surface area contributed by atoms with Gasteiger partial charge in [0.2, 0.25) is 0 Å². The average molecular weight is 330 g/mol. The van der Waals surface area contributed by atoms with Crippen LogP contribution in [0.5, 0.6) is 0 Å². The van der Waals surface area contributed by atoms with Gasteiger partial charge in [-0.05, 0) is 68.1 Å². The Balaban J connectivity index is 1.60. The molecular weight excluding hydrogens is 304 g/mol. The Morgan fingerprint density at radius 3 is 2.58 bits per heavy atom. The number of Topliss-reactive ketones (excluding diaryl/α,β-unsaturated/α-hetero) is 1. The molecule has 0 amide bonds. The van der Waals surface area contributed by atoms with E-state index in [0.717, 1.165) is 18.8 Å². The summed E-state index contributed by atoms with van der Waals surface area (Å²) in [6, 6.07) is 0. The first kappa shape index (κ1) is 15.1. The predicted octanol–water partition coefficient (Wildman–Crippen LogP) is 2.78.